The number of rotatable bonds is 5. The van der Waals surface area contributed by atoms with Crippen molar-refractivity contribution in [3.63, 3.8) is 0 Å². The zero-order valence-corrected chi connectivity index (χ0v) is 14.8. The fraction of sp³-hybridized carbons (Fsp3) is 0.579. The van der Waals surface area contributed by atoms with Crippen molar-refractivity contribution < 1.29 is 4.74 Å². The highest BCUT2D eigenvalue weighted by molar-refractivity contribution is 5.38. The molecule has 2 aliphatic heterocycles. The Kier molecular flexibility index (Phi) is 4.99. The molecule has 134 valence electrons. The number of ether oxygens (including phenoxy) is 1. The van der Waals surface area contributed by atoms with E-state index in [1.54, 1.807) is 0 Å². The second-order valence-electron chi connectivity index (χ2n) is 7.08. The summed E-state index contributed by atoms with van der Waals surface area (Å²) < 4.78 is 7.93. The molecule has 2 aromatic heterocycles. The molecule has 25 heavy (non-hydrogen) atoms. The second kappa shape index (κ2) is 7.54. The molecule has 0 amide bonds. The van der Waals surface area contributed by atoms with Crippen molar-refractivity contribution in [1.29, 1.82) is 0 Å². The second-order valence-corrected chi connectivity index (χ2v) is 7.08. The van der Waals surface area contributed by atoms with Gasteiger partial charge in [-0.3, -0.25) is 4.68 Å². The number of pyridine rings is 1. The molecule has 2 atom stereocenters. The maximum atomic E-state index is 5.99. The Morgan fingerprint density at radius 2 is 2.04 bits per heavy atom. The van der Waals surface area contributed by atoms with Crippen molar-refractivity contribution in [2.45, 2.75) is 31.4 Å². The normalized spacial score (nSPS) is 24.8. The number of nitrogens with zero attached hydrogens (tertiary/aromatic N) is 4. The Hall–Kier alpha value is -1.92. The van der Waals surface area contributed by atoms with Gasteiger partial charge in [0.1, 0.15) is 11.9 Å². The van der Waals surface area contributed by atoms with Crippen molar-refractivity contribution in [3.05, 3.63) is 42.4 Å². The number of anilines is 1. The quantitative estimate of drug-likeness (QED) is 0.903. The van der Waals surface area contributed by atoms with E-state index in [9.17, 15) is 0 Å². The summed E-state index contributed by atoms with van der Waals surface area (Å²) in [5.41, 5.74) is 1.19. The monoisotopic (exact) mass is 341 g/mol. The Morgan fingerprint density at radius 1 is 1.16 bits per heavy atom. The van der Waals surface area contributed by atoms with E-state index in [1.807, 2.05) is 30.2 Å². The first-order valence-electron chi connectivity index (χ1n) is 9.30. The van der Waals surface area contributed by atoms with E-state index in [2.05, 4.69) is 38.5 Å². The van der Waals surface area contributed by atoms with Crippen LogP contribution in [-0.4, -0.2) is 47.0 Å². The summed E-state index contributed by atoms with van der Waals surface area (Å²) in [5, 5.41) is 8.08. The highest BCUT2D eigenvalue weighted by Gasteiger charge is 2.32. The van der Waals surface area contributed by atoms with Gasteiger partial charge in [0.2, 0.25) is 0 Å². The van der Waals surface area contributed by atoms with Gasteiger partial charge in [0.15, 0.2) is 0 Å². The lowest BCUT2D eigenvalue weighted by molar-refractivity contribution is 0.0829. The fourth-order valence-electron chi connectivity index (χ4n) is 4.00. The third-order valence-electron chi connectivity index (χ3n) is 5.50. The molecule has 0 spiro atoms. The highest BCUT2D eigenvalue weighted by Crippen LogP contribution is 2.33. The summed E-state index contributed by atoms with van der Waals surface area (Å²) in [7, 11) is 1.99. The molecule has 0 radical (unpaired) electrons. The lowest BCUT2D eigenvalue weighted by atomic mass is 9.97. The molecule has 4 heterocycles. The average Bonchev–Trinajstić information content (AvgIpc) is 3.29. The van der Waals surface area contributed by atoms with Gasteiger partial charge < -0.3 is 15.0 Å². The molecule has 1 N–H and O–H groups in total. The van der Waals surface area contributed by atoms with Gasteiger partial charge in [0.25, 0.3) is 0 Å². The van der Waals surface area contributed by atoms with E-state index >= 15 is 0 Å². The van der Waals surface area contributed by atoms with E-state index in [-0.39, 0.29) is 6.10 Å². The summed E-state index contributed by atoms with van der Waals surface area (Å²) in [6.45, 7) is 4.01. The standard InChI is InChI=1S/C19H27N5O/c1-23-17(5-10-22-23)19-15(8-13-25-19)14-21-16-6-11-24(12-7-16)18-4-2-3-9-20-18/h2-5,9-10,15-16,19,21H,6-8,11-14H2,1H3/t15-,19+/m0/s1. The molecule has 0 aromatic carbocycles. The minimum Gasteiger partial charge on any atom is -0.372 e. The predicted molar refractivity (Wildman–Crippen MR) is 97.5 cm³/mol. The molecule has 2 aromatic rings. The molecule has 0 bridgehead atoms. The van der Waals surface area contributed by atoms with Crippen LogP contribution in [0.3, 0.4) is 0 Å². The first kappa shape index (κ1) is 16.5. The Bertz CT molecular complexity index is 665. The topological polar surface area (TPSA) is 55.2 Å². The third-order valence-corrected chi connectivity index (χ3v) is 5.50. The number of aromatic nitrogens is 3. The van der Waals surface area contributed by atoms with Crippen LogP contribution in [0.5, 0.6) is 0 Å². The van der Waals surface area contributed by atoms with E-state index in [4.69, 9.17) is 4.74 Å². The largest absolute Gasteiger partial charge is 0.372 e. The predicted octanol–water partition coefficient (Wildman–Crippen LogP) is 2.15. The lowest BCUT2D eigenvalue weighted by Crippen LogP contribution is -2.44. The summed E-state index contributed by atoms with van der Waals surface area (Å²) in [5.74, 6) is 1.63. The van der Waals surface area contributed by atoms with Crippen LogP contribution >= 0.6 is 0 Å². The number of nitrogens with one attached hydrogen (secondary N) is 1. The molecular formula is C19H27N5O. The number of piperidine rings is 1. The number of hydrogen-bond donors (Lipinski definition) is 1. The minimum atomic E-state index is 0.175. The van der Waals surface area contributed by atoms with Gasteiger partial charge in [-0.05, 0) is 37.5 Å². The van der Waals surface area contributed by atoms with Gasteiger partial charge in [0, 0.05) is 57.6 Å². The number of aryl methyl sites for hydroxylation is 1. The van der Waals surface area contributed by atoms with Crippen LogP contribution in [0.4, 0.5) is 5.82 Å². The van der Waals surface area contributed by atoms with E-state index in [0.717, 1.165) is 38.5 Å². The van der Waals surface area contributed by atoms with Gasteiger partial charge in [-0.2, -0.15) is 5.10 Å². The molecule has 0 aliphatic carbocycles. The molecule has 6 nitrogen and oxygen atoms in total. The van der Waals surface area contributed by atoms with Crippen LogP contribution in [-0.2, 0) is 11.8 Å². The van der Waals surface area contributed by atoms with Crippen LogP contribution in [0.2, 0.25) is 0 Å². The van der Waals surface area contributed by atoms with Crippen molar-refractivity contribution in [2.75, 3.05) is 31.1 Å². The van der Waals surface area contributed by atoms with Crippen LogP contribution in [0.15, 0.2) is 36.7 Å². The van der Waals surface area contributed by atoms with Crippen LogP contribution in [0.25, 0.3) is 0 Å². The van der Waals surface area contributed by atoms with E-state index in [0.29, 0.717) is 12.0 Å². The minimum absolute atomic E-state index is 0.175. The zero-order chi connectivity index (χ0) is 17.1. The number of hydrogen-bond acceptors (Lipinski definition) is 5. The van der Waals surface area contributed by atoms with Crippen LogP contribution < -0.4 is 10.2 Å². The van der Waals surface area contributed by atoms with Gasteiger partial charge >= 0.3 is 0 Å². The maximum Gasteiger partial charge on any atom is 0.128 e. The van der Waals surface area contributed by atoms with Crippen LogP contribution in [0.1, 0.15) is 31.1 Å². The SMILES string of the molecule is Cn1nccc1[C@@H]1OCC[C@H]1CNC1CCN(c2ccccn2)CC1. The van der Waals surface area contributed by atoms with Gasteiger partial charge in [0.05, 0.1) is 5.69 Å². The van der Waals surface area contributed by atoms with E-state index in [1.165, 1.54) is 18.5 Å². The molecular weight excluding hydrogens is 314 g/mol. The van der Waals surface area contributed by atoms with Crippen molar-refractivity contribution in [1.82, 2.24) is 20.1 Å². The summed E-state index contributed by atoms with van der Waals surface area (Å²) in [6.07, 6.45) is 7.36. The first-order chi connectivity index (χ1) is 12.3. The summed E-state index contributed by atoms with van der Waals surface area (Å²) >= 11 is 0. The highest BCUT2D eigenvalue weighted by atomic mass is 16.5. The molecule has 6 heteroatoms. The third kappa shape index (κ3) is 3.70. The van der Waals surface area contributed by atoms with E-state index < -0.39 is 0 Å². The Balaban J connectivity index is 1.27. The van der Waals surface area contributed by atoms with Crippen LogP contribution in [0, 0.1) is 5.92 Å². The zero-order valence-electron chi connectivity index (χ0n) is 14.8. The Morgan fingerprint density at radius 3 is 2.76 bits per heavy atom. The van der Waals surface area contributed by atoms with Gasteiger partial charge in [-0.1, -0.05) is 6.07 Å². The molecule has 0 saturated carbocycles. The molecule has 2 aliphatic rings. The van der Waals surface area contributed by atoms with Crippen molar-refractivity contribution >= 4 is 5.82 Å². The molecule has 2 fully saturated rings. The maximum absolute atomic E-state index is 5.99. The fourth-order valence-corrected chi connectivity index (χ4v) is 4.00. The Labute approximate surface area is 149 Å². The lowest BCUT2D eigenvalue weighted by Gasteiger charge is -2.34. The molecule has 2 saturated heterocycles. The van der Waals surface area contributed by atoms with Gasteiger partial charge in [-0.15, -0.1) is 0 Å². The molecule has 4 rings (SSSR count). The molecule has 0 unspecified atom stereocenters. The smallest absolute Gasteiger partial charge is 0.128 e. The summed E-state index contributed by atoms with van der Waals surface area (Å²) in [4.78, 5) is 6.85. The first-order valence-corrected chi connectivity index (χ1v) is 9.30. The average molecular weight is 341 g/mol. The van der Waals surface area contributed by atoms with Crippen molar-refractivity contribution in [3.8, 4) is 0 Å². The summed E-state index contributed by atoms with van der Waals surface area (Å²) in [6, 6.07) is 8.80. The van der Waals surface area contributed by atoms with Crippen molar-refractivity contribution in [2.24, 2.45) is 13.0 Å². The van der Waals surface area contributed by atoms with Gasteiger partial charge in [-0.25, -0.2) is 4.98 Å².